The van der Waals surface area contributed by atoms with Crippen LogP contribution < -0.4 is 0 Å². The summed E-state index contributed by atoms with van der Waals surface area (Å²) in [5.41, 5.74) is -0.696. The largest absolute Gasteiger partial charge is 0.480 e. The molecule has 4 nitrogen and oxygen atoms in total. The number of aliphatic carboxylic acids is 1. The van der Waals surface area contributed by atoms with E-state index >= 15 is 0 Å². The normalized spacial score (nSPS) is 34.3. The molecule has 0 aromatic carbocycles. The summed E-state index contributed by atoms with van der Waals surface area (Å²) in [5, 5.41) is 9.61. The Morgan fingerprint density at radius 2 is 2.18 bits per heavy atom. The molecule has 3 atom stereocenters. The Bertz CT molecular complexity index is 303. The van der Waals surface area contributed by atoms with Crippen LogP contribution in [0.25, 0.3) is 0 Å². The summed E-state index contributed by atoms with van der Waals surface area (Å²) in [7, 11) is 0. The highest BCUT2D eigenvalue weighted by Gasteiger charge is 2.54. The van der Waals surface area contributed by atoms with Crippen LogP contribution in [-0.2, 0) is 9.53 Å². The molecule has 0 radical (unpaired) electrons. The van der Waals surface area contributed by atoms with E-state index in [9.17, 15) is 9.90 Å². The molecule has 1 N–H and O–H groups in total. The zero-order valence-corrected chi connectivity index (χ0v) is 11.0. The minimum atomic E-state index is -0.696. The first kappa shape index (κ1) is 12.8. The van der Waals surface area contributed by atoms with Gasteiger partial charge < -0.3 is 9.84 Å². The fraction of sp³-hybridized carbons (Fsp3) is 0.923. The topological polar surface area (TPSA) is 49.8 Å². The number of nitrogens with zero attached hydrogens (tertiary/aromatic N) is 1. The number of ether oxygens (including phenoxy) is 1. The fourth-order valence-electron chi connectivity index (χ4n) is 2.93. The minimum absolute atomic E-state index is 0.134. The van der Waals surface area contributed by atoms with E-state index in [1.165, 1.54) is 0 Å². The molecule has 0 bridgehead atoms. The molecular formula is C13H23NO3. The van der Waals surface area contributed by atoms with Crippen LogP contribution >= 0.6 is 0 Å². The average Bonchev–Trinajstić information content (AvgIpc) is 3.11. The fourth-order valence-corrected chi connectivity index (χ4v) is 2.93. The molecule has 2 fully saturated rings. The second-order valence-electron chi connectivity index (χ2n) is 5.59. The van der Waals surface area contributed by atoms with Crippen LogP contribution in [0, 0.1) is 5.92 Å². The van der Waals surface area contributed by atoms with Crippen LogP contribution in [0.1, 0.15) is 40.0 Å². The standard InChI is InChI=1S/C13H23NO3/c1-4-11-8-17-9(2)7-14(11)13(3,12(15)16)10-5-6-10/h9-11H,4-8H2,1-3H3,(H,15,16). The smallest absolute Gasteiger partial charge is 0.324 e. The van der Waals surface area contributed by atoms with Crippen molar-refractivity contribution in [3.05, 3.63) is 0 Å². The lowest BCUT2D eigenvalue weighted by molar-refractivity contribution is -0.164. The van der Waals surface area contributed by atoms with Gasteiger partial charge in [-0.3, -0.25) is 9.69 Å². The second-order valence-corrected chi connectivity index (χ2v) is 5.59. The third-order valence-corrected chi connectivity index (χ3v) is 4.34. The van der Waals surface area contributed by atoms with Crippen molar-refractivity contribution in [3.8, 4) is 0 Å². The van der Waals surface area contributed by atoms with Gasteiger partial charge in [0.15, 0.2) is 0 Å². The maximum absolute atomic E-state index is 11.7. The van der Waals surface area contributed by atoms with Gasteiger partial charge >= 0.3 is 5.97 Å². The lowest BCUT2D eigenvalue weighted by atomic mass is 9.90. The molecule has 1 saturated heterocycles. The third-order valence-electron chi connectivity index (χ3n) is 4.34. The van der Waals surface area contributed by atoms with Crippen LogP contribution in [0.15, 0.2) is 0 Å². The molecule has 2 aliphatic rings. The van der Waals surface area contributed by atoms with E-state index in [1.54, 1.807) is 0 Å². The van der Waals surface area contributed by atoms with Gasteiger partial charge in [-0.1, -0.05) is 6.92 Å². The Labute approximate surface area is 103 Å². The van der Waals surface area contributed by atoms with Crippen molar-refractivity contribution in [3.63, 3.8) is 0 Å². The van der Waals surface area contributed by atoms with Crippen molar-refractivity contribution in [1.82, 2.24) is 4.90 Å². The Morgan fingerprint density at radius 1 is 1.53 bits per heavy atom. The van der Waals surface area contributed by atoms with E-state index in [-0.39, 0.29) is 12.1 Å². The van der Waals surface area contributed by atoms with E-state index in [4.69, 9.17) is 4.74 Å². The quantitative estimate of drug-likeness (QED) is 0.814. The molecular weight excluding hydrogens is 218 g/mol. The number of carboxylic acid groups (broad SMARTS) is 1. The molecule has 1 aliphatic carbocycles. The van der Waals surface area contributed by atoms with Crippen LogP contribution in [0.3, 0.4) is 0 Å². The maximum Gasteiger partial charge on any atom is 0.324 e. The van der Waals surface area contributed by atoms with Crippen LogP contribution in [0.2, 0.25) is 0 Å². The first-order valence-electron chi connectivity index (χ1n) is 6.61. The van der Waals surface area contributed by atoms with Gasteiger partial charge in [0, 0.05) is 12.6 Å². The number of rotatable bonds is 4. The van der Waals surface area contributed by atoms with Gasteiger partial charge in [0.25, 0.3) is 0 Å². The minimum Gasteiger partial charge on any atom is -0.480 e. The summed E-state index contributed by atoms with van der Waals surface area (Å²) in [6.07, 6.45) is 3.17. The first-order chi connectivity index (χ1) is 8.00. The van der Waals surface area contributed by atoms with E-state index in [1.807, 2.05) is 13.8 Å². The molecule has 2 rings (SSSR count). The average molecular weight is 241 g/mol. The molecule has 0 aromatic heterocycles. The molecule has 98 valence electrons. The van der Waals surface area contributed by atoms with Crippen molar-refractivity contribution in [2.75, 3.05) is 13.2 Å². The summed E-state index contributed by atoms with van der Waals surface area (Å²) in [6, 6.07) is 0.243. The summed E-state index contributed by atoms with van der Waals surface area (Å²) < 4.78 is 5.65. The van der Waals surface area contributed by atoms with E-state index in [2.05, 4.69) is 11.8 Å². The molecule has 17 heavy (non-hydrogen) atoms. The highest BCUT2D eigenvalue weighted by Crippen LogP contribution is 2.45. The van der Waals surface area contributed by atoms with Gasteiger partial charge in [0.1, 0.15) is 5.54 Å². The lowest BCUT2D eigenvalue weighted by Gasteiger charge is -2.47. The summed E-state index contributed by atoms with van der Waals surface area (Å²) >= 11 is 0. The molecule has 1 saturated carbocycles. The van der Waals surface area contributed by atoms with Gasteiger partial charge in [-0.25, -0.2) is 0 Å². The molecule has 1 heterocycles. The number of carbonyl (C=O) groups is 1. The van der Waals surface area contributed by atoms with Gasteiger partial charge in [0.05, 0.1) is 12.7 Å². The first-order valence-corrected chi connectivity index (χ1v) is 6.61. The maximum atomic E-state index is 11.7. The Hall–Kier alpha value is -0.610. The molecule has 0 spiro atoms. The summed E-state index contributed by atoms with van der Waals surface area (Å²) in [5.74, 6) is -0.355. The Morgan fingerprint density at radius 3 is 2.65 bits per heavy atom. The van der Waals surface area contributed by atoms with Crippen molar-refractivity contribution in [2.45, 2.75) is 57.7 Å². The number of hydrogen-bond acceptors (Lipinski definition) is 3. The van der Waals surface area contributed by atoms with Crippen molar-refractivity contribution in [2.24, 2.45) is 5.92 Å². The SMILES string of the molecule is CCC1COC(C)CN1C(C)(C(=O)O)C1CC1. The highest BCUT2D eigenvalue weighted by molar-refractivity contribution is 5.79. The van der Waals surface area contributed by atoms with Crippen molar-refractivity contribution < 1.29 is 14.6 Å². The van der Waals surface area contributed by atoms with Crippen LogP contribution in [-0.4, -0.2) is 46.8 Å². The van der Waals surface area contributed by atoms with Crippen molar-refractivity contribution >= 4 is 5.97 Å². The van der Waals surface area contributed by atoms with E-state index in [0.29, 0.717) is 12.5 Å². The number of hydrogen-bond donors (Lipinski definition) is 1. The number of morpholine rings is 1. The van der Waals surface area contributed by atoms with Gasteiger partial charge in [0.2, 0.25) is 0 Å². The van der Waals surface area contributed by atoms with E-state index in [0.717, 1.165) is 25.8 Å². The molecule has 0 aromatic rings. The van der Waals surface area contributed by atoms with Crippen LogP contribution in [0.4, 0.5) is 0 Å². The highest BCUT2D eigenvalue weighted by atomic mass is 16.5. The lowest BCUT2D eigenvalue weighted by Crippen LogP contribution is -2.63. The second kappa shape index (κ2) is 4.58. The third kappa shape index (κ3) is 2.20. The van der Waals surface area contributed by atoms with Gasteiger partial charge in [-0.15, -0.1) is 0 Å². The summed E-state index contributed by atoms with van der Waals surface area (Å²) in [4.78, 5) is 13.9. The predicted molar refractivity (Wildman–Crippen MR) is 65.0 cm³/mol. The molecule has 3 unspecified atom stereocenters. The van der Waals surface area contributed by atoms with E-state index < -0.39 is 11.5 Å². The summed E-state index contributed by atoms with van der Waals surface area (Å²) in [6.45, 7) is 7.42. The predicted octanol–water partition coefficient (Wildman–Crippen LogP) is 1.74. The Kier molecular flexibility index (Phi) is 3.46. The molecule has 1 aliphatic heterocycles. The van der Waals surface area contributed by atoms with Crippen LogP contribution in [0.5, 0.6) is 0 Å². The molecule has 0 amide bonds. The molecule has 4 heteroatoms. The van der Waals surface area contributed by atoms with Gasteiger partial charge in [-0.2, -0.15) is 0 Å². The monoisotopic (exact) mass is 241 g/mol. The van der Waals surface area contributed by atoms with Gasteiger partial charge in [-0.05, 0) is 39.0 Å². The zero-order valence-electron chi connectivity index (χ0n) is 11.0. The zero-order chi connectivity index (χ0) is 12.6. The van der Waals surface area contributed by atoms with Crippen molar-refractivity contribution in [1.29, 1.82) is 0 Å². The Balaban J connectivity index is 2.23. The number of carboxylic acids is 1.